The lowest BCUT2D eigenvalue weighted by Gasteiger charge is -1.99. The highest BCUT2D eigenvalue weighted by Crippen LogP contribution is 2.17. The first-order valence-electron chi connectivity index (χ1n) is 6.27. The highest BCUT2D eigenvalue weighted by molar-refractivity contribution is 5.81. The third-order valence-electron chi connectivity index (χ3n) is 3.10. The monoisotopic (exact) mass is 256 g/mol. The van der Waals surface area contributed by atoms with Gasteiger partial charge in [0.25, 0.3) is 0 Å². The highest BCUT2D eigenvalue weighted by Gasteiger charge is 2.07. The SMILES string of the molecule is Cc1cc(CNCc2nn(C)c3ccccc23)on1. The second-order valence-electron chi connectivity index (χ2n) is 4.63. The number of nitrogens with one attached hydrogen (secondary N) is 1. The minimum atomic E-state index is 0.658. The Morgan fingerprint density at radius 3 is 2.89 bits per heavy atom. The Balaban J connectivity index is 1.72. The van der Waals surface area contributed by atoms with E-state index in [0.717, 1.165) is 22.7 Å². The molecule has 0 saturated heterocycles. The van der Waals surface area contributed by atoms with Gasteiger partial charge < -0.3 is 9.84 Å². The van der Waals surface area contributed by atoms with Gasteiger partial charge in [0.1, 0.15) is 0 Å². The zero-order valence-electron chi connectivity index (χ0n) is 11.1. The van der Waals surface area contributed by atoms with Crippen molar-refractivity contribution in [3.63, 3.8) is 0 Å². The van der Waals surface area contributed by atoms with E-state index in [-0.39, 0.29) is 0 Å². The number of aryl methyl sites for hydroxylation is 2. The molecule has 3 rings (SSSR count). The maximum atomic E-state index is 5.16. The van der Waals surface area contributed by atoms with Crippen LogP contribution in [0.4, 0.5) is 0 Å². The molecule has 0 atom stereocenters. The van der Waals surface area contributed by atoms with Crippen LogP contribution < -0.4 is 5.32 Å². The van der Waals surface area contributed by atoms with E-state index >= 15 is 0 Å². The molecule has 1 aromatic carbocycles. The van der Waals surface area contributed by atoms with E-state index in [1.807, 2.05) is 36.9 Å². The van der Waals surface area contributed by atoms with Gasteiger partial charge in [0.2, 0.25) is 0 Å². The summed E-state index contributed by atoms with van der Waals surface area (Å²) in [5.74, 6) is 0.845. The normalized spacial score (nSPS) is 11.3. The fourth-order valence-electron chi connectivity index (χ4n) is 2.22. The van der Waals surface area contributed by atoms with Crippen molar-refractivity contribution in [3.05, 3.63) is 47.5 Å². The number of rotatable bonds is 4. The fraction of sp³-hybridized carbons (Fsp3) is 0.286. The van der Waals surface area contributed by atoms with Gasteiger partial charge in [0.15, 0.2) is 5.76 Å². The average Bonchev–Trinajstić information content (AvgIpc) is 2.96. The Bertz CT molecular complexity index is 698. The summed E-state index contributed by atoms with van der Waals surface area (Å²) in [4.78, 5) is 0. The topological polar surface area (TPSA) is 55.9 Å². The molecule has 0 saturated carbocycles. The second kappa shape index (κ2) is 4.85. The average molecular weight is 256 g/mol. The van der Waals surface area contributed by atoms with Crippen molar-refractivity contribution in [2.75, 3.05) is 0 Å². The molecule has 0 aliphatic carbocycles. The van der Waals surface area contributed by atoms with Crippen molar-refractivity contribution in [1.29, 1.82) is 0 Å². The van der Waals surface area contributed by atoms with Gasteiger partial charge in [-0.25, -0.2) is 0 Å². The van der Waals surface area contributed by atoms with E-state index < -0.39 is 0 Å². The van der Waals surface area contributed by atoms with E-state index in [2.05, 4.69) is 27.7 Å². The third-order valence-corrected chi connectivity index (χ3v) is 3.10. The summed E-state index contributed by atoms with van der Waals surface area (Å²) in [6.45, 7) is 3.28. The standard InChI is InChI=1S/C14H16N4O/c1-10-7-11(19-17-10)8-15-9-13-12-5-3-4-6-14(12)18(2)16-13/h3-7,15H,8-9H2,1-2H3. The van der Waals surface area contributed by atoms with Crippen molar-refractivity contribution < 1.29 is 4.52 Å². The lowest BCUT2D eigenvalue weighted by atomic mass is 10.2. The molecular weight excluding hydrogens is 240 g/mol. The number of para-hydroxylation sites is 1. The molecular formula is C14H16N4O. The minimum Gasteiger partial charge on any atom is -0.360 e. The van der Waals surface area contributed by atoms with Crippen LogP contribution >= 0.6 is 0 Å². The first-order chi connectivity index (χ1) is 9.24. The summed E-state index contributed by atoms with van der Waals surface area (Å²) in [6, 6.07) is 10.2. The smallest absolute Gasteiger partial charge is 0.150 e. The molecule has 3 aromatic rings. The van der Waals surface area contributed by atoms with Crippen molar-refractivity contribution in [3.8, 4) is 0 Å². The van der Waals surface area contributed by atoms with Crippen LogP contribution in [0, 0.1) is 6.92 Å². The van der Waals surface area contributed by atoms with Gasteiger partial charge in [-0.1, -0.05) is 23.4 Å². The van der Waals surface area contributed by atoms with Crippen LogP contribution in [0.15, 0.2) is 34.9 Å². The summed E-state index contributed by atoms with van der Waals surface area (Å²) in [6.07, 6.45) is 0. The Morgan fingerprint density at radius 1 is 1.26 bits per heavy atom. The van der Waals surface area contributed by atoms with Crippen molar-refractivity contribution in [2.45, 2.75) is 20.0 Å². The molecule has 98 valence electrons. The predicted octanol–water partition coefficient (Wildman–Crippen LogP) is 2.16. The van der Waals surface area contributed by atoms with Crippen LogP contribution in [0.5, 0.6) is 0 Å². The Labute approximate surface area is 111 Å². The summed E-state index contributed by atoms with van der Waals surface area (Å²) >= 11 is 0. The van der Waals surface area contributed by atoms with Gasteiger partial charge in [-0.2, -0.15) is 5.10 Å². The van der Waals surface area contributed by atoms with Gasteiger partial charge in [-0.05, 0) is 13.0 Å². The molecule has 0 bridgehead atoms. The number of fused-ring (bicyclic) bond motifs is 1. The first kappa shape index (κ1) is 11.9. The first-order valence-corrected chi connectivity index (χ1v) is 6.27. The molecule has 0 aliphatic heterocycles. The molecule has 0 unspecified atom stereocenters. The van der Waals surface area contributed by atoms with Crippen LogP contribution in [-0.4, -0.2) is 14.9 Å². The lowest BCUT2D eigenvalue weighted by molar-refractivity contribution is 0.369. The van der Waals surface area contributed by atoms with Crippen LogP contribution in [0.2, 0.25) is 0 Å². The van der Waals surface area contributed by atoms with E-state index in [4.69, 9.17) is 4.52 Å². The van der Waals surface area contributed by atoms with Gasteiger partial charge >= 0.3 is 0 Å². The molecule has 0 radical (unpaired) electrons. The zero-order valence-corrected chi connectivity index (χ0v) is 11.1. The van der Waals surface area contributed by atoms with Crippen LogP contribution in [-0.2, 0) is 20.1 Å². The maximum Gasteiger partial charge on any atom is 0.150 e. The third kappa shape index (κ3) is 2.37. The van der Waals surface area contributed by atoms with Gasteiger partial charge in [-0.3, -0.25) is 4.68 Å². The molecule has 19 heavy (non-hydrogen) atoms. The van der Waals surface area contributed by atoms with Gasteiger partial charge in [-0.15, -0.1) is 0 Å². The van der Waals surface area contributed by atoms with Crippen LogP contribution in [0.1, 0.15) is 17.1 Å². The van der Waals surface area contributed by atoms with Crippen molar-refractivity contribution >= 4 is 10.9 Å². The largest absolute Gasteiger partial charge is 0.360 e. The molecule has 1 N–H and O–H groups in total. The predicted molar refractivity (Wildman–Crippen MR) is 72.5 cm³/mol. The van der Waals surface area contributed by atoms with Gasteiger partial charge in [0, 0.05) is 25.0 Å². The van der Waals surface area contributed by atoms with E-state index in [1.54, 1.807) is 0 Å². The van der Waals surface area contributed by atoms with E-state index in [0.29, 0.717) is 13.1 Å². The molecule has 0 aliphatic rings. The summed E-state index contributed by atoms with van der Waals surface area (Å²) in [5, 5.41) is 12.9. The highest BCUT2D eigenvalue weighted by atomic mass is 16.5. The van der Waals surface area contributed by atoms with E-state index in [1.165, 1.54) is 5.39 Å². The lowest BCUT2D eigenvalue weighted by Crippen LogP contribution is -2.13. The molecule has 5 nitrogen and oxygen atoms in total. The number of aromatic nitrogens is 3. The second-order valence-corrected chi connectivity index (χ2v) is 4.63. The number of hydrogen-bond acceptors (Lipinski definition) is 4. The summed E-state index contributed by atoms with van der Waals surface area (Å²) in [7, 11) is 1.96. The van der Waals surface area contributed by atoms with Crippen LogP contribution in [0.25, 0.3) is 10.9 Å². The number of nitrogens with zero attached hydrogens (tertiary/aromatic N) is 3. The maximum absolute atomic E-state index is 5.16. The Morgan fingerprint density at radius 2 is 2.11 bits per heavy atom. The van der Waals surface area contributed by atoms with E-state index in [9.17, 15) is 0 Å². The Hall–Kier alpha value is -2.14. The zero-order chi connectivity index (χ0) is 13.2. The van der Waals surface area contributed by atoms with Crippen LogP contribution in [0.3, 0.4) is 0 Å². The molecule has 0 fully saturated rings. The fourth-order valence-corrected chi connectivity index (χ4v) is 2.22. The van der Waals surface area contributed by atoms with Crippen molar-refractivity contribution in [1.82, 2.24) is 20.3 Å². The van der Waals surface area contributed by atoms with Crippen molar-refractivity contribution in [2.24, 2.45) is 7.05 Å². The molecule has 0 amide bonds. The number of benzene rings is 1. The molecule has 2 heterocycles. The quantitative estimate of drug-likeness (QED) is 0.777. The number of hydrogen-bond donors (Lipinski definition) is 1. The molecule has 5 heteroatoms. The van der Waals surface area contributed by atoms with Gasteiger partial charge in [0.05, 0.1) is 23.4 Å². The molecule has 0 spiro atoms. The summed E-state index contributed by atoms with van der Waals surface area (Å²) < 4.78 is 7.06. The minimum absolute atomic E-state index is 0.658. The summed E-state index contributed by atoms with van der Waals surface area (Å²) in [5.41, 5.74) is 3.10. The molecule has 2 aromatic heterocycles. The Kier molecular flexibility index (Phi) is 3.05.